The molecule has 4 heteroatoms. The van der Waals surface area contributed by atoms with Crippen molar-refractivity contribution in [1.82, 2.24) is 4.90 Å². The van der Waals surface area contributed by atoms with Gasteiger partial charge in [-0.3, -0.25) is 4.90 Å². The Bertz CT molecular complexity index is 202. The van der Waals surface area contributed by atoms with E-state index >= 15 is 0 Å². The van der Waals surface area contributed by atoms with Crippen LogP contribution in [-0.4, -0.2) is 57.5 Å². The molecule has 0 heterocycles. The second-order valence-electron chi connectivity index (χ2n) is 5.24. The largest absolute Gasteiger partial charge is 0.385 e. The first-order chi connectivity index (χ1) is 8.79. The van der Waals surface area contributed by atoms with Crippen LogP contribution in [0.4, 0.5) is 0 Å². The third-order valence-corrected chi connectivity index (χ3v) is 3.88. The Morgan fingerprint density at radius 3 is 2.44 bits per heavy atom. The zero-order chi connectivity index (χ0) is 13.2. The minimum Gasteiger partial charge on any atom is -0.385 e. The van der Waals surface area contributed by atoms with Crippen LogP contribution in [0.3, 0.4) is 0 Å². The van der Waals surface area contributed by atoms with Crippen molar-refractivity contribution in [3.8, 4) is 0 Å². The Labute approximate surface area is 112 Å². The van der Waals surface area contributed by atoms with Gasteiger partial charge in [0.1, 0.15) is 0 Å². The fraction of sp³-hybridized carbons (Fsp3) is 1.00. The zero-order valence-corrected chi connectivity index (χ0v) is 12.1. The van der Waals surface area contributed by atoms with Crippen LogP contribution in [0.5, 0.6) is 0 Å². The summed E-state index contributed by atoms with van der Waals surface area (Å²) in [5.41, 5.74) is 6.34. The maximum absolute atomic E-state index is 6.34. The summed E-state index contributed by atoms with van der Waals surface area (Å²) in [6.07, 6.45) is 7.40. The summed E-state index contributed by atoms with van der Waals surface area (Å²) in [4.78, 5) is 2.51. The maximum atomic E-state index is 6.34. The summed E-state index contributed by atoms with van der Waals surface area (Å²) in [5, 5.41) is 0. The lowest BCUT2D eigenvalue weighted by molar-refractivity contribution is 0.0932. The Morgan fingerprint density at radius 1 is 1.00 bits per heavy atom. The molecule has 0 bridgehead atoms. The van der Waals surface area contributed by atoms with E-state index < -0.39 is 0 Å². The first kappa shape index (κ1) is 15.9. The highest BCUT2D eigenvalue weighted by Crippen LogP contribution is 2.21. The molecule has 108 valence electrons. The molecule has 18 heavy (non-hydrogen) atoms. The molecule has 0 aromatic heterocycles. The number of nitrogens with two attached hydrogens (primary N) is 1. The average molecular weight is 258 g/mol. The highest BCUT2D eigenvalue weighted by atomic mass is 16.5. The SMILES string of the molecule is COCCCN(CCOC)C1CCCCCC1N. The van der Waals surface area contributed by atoms with E-state index in [1.165, 1.54) is 32.1 Å². The molecule has 0 amide bonds. The highest BCUT2D eigenvalue weighted by molar-refractivity contribution is 4.84. The molecule has 4 nitrogen and oxygen atoms in total. The molecular weight excluding hydrogens is 228 g/mol. The topological polar surface area (TPSA) is 47.7 Å². The molecular formula is C14H30N2O2. The van der Waals surface area contributed by atoms with Gasteiger partial charge in [-0.15, -0.1) is 0 Å². The van der Waals surface area contributed by atoms with Crippen molar-refractivity contribution in [3.63, 3.8) is 0 Å². The van der Waals surface area contributed by atoms with Gasteiger partial charge in [-0.1, -0.05) is 19.3 Å². The number of hydrogen-bond acceptors (Lipinski definition) is 4. The molecule has 2 unspecified atom stereocenters. The summed E-state index contributed by atoms with van der Waals surface area (Å²) < 4.78 is 10.4. The number of ether oxygens (including phenoxy) is 2. The standard InChI is InChI=1S/C14H30N2O2/c1-17-11-6-9-16(10-12-18-2)14-8-5-3-4-7-13(14)15/h13-14H,3-12,15H2,1-2H3. The van der Waals surface area contributed by atoms with Crippen LogP contribution in [0.1, 0.15) is 38.5 Å². The van der Waals surface area contributed by atoms with Gasteiger partial charge in [0.15, 0.2) is 0 Å². The van der Waals surface area contributed by atoms with Gasteiger partial charge in [0, 0.05) is 46.0 Å². The van der Waals surface area contributed by atoms with E-state index in [-0.39, 0.29) is 0 Å². The minimum atomic E-state index is 0.326. The lowest BCUT2D eigenvalue weighted by Gasteiger charge is -2.34. The third kappa shape index (κ3) is 5.65. The van der Waals surface area contributed by atoms with Crippen LogP contribution < -0.4 is 5.73 Å². The molecule has 0 aliphatic heterocycles. The van der Waals surface area contributed by atoms with Gasteiger partial charge in [0.05, 0.1) is 6.61 Å². The zero-order valence-electron chi connectivity index (χ0n) is 12.1. The van der Waals surface area contributed by atoms with Crippen molar-refractivity contribution >= 4 is 0 Å². The van der Waals surface area contributed by atoms with Crippen molar-refractivity contribution in [2.75, 3.05) is 40.5 Å². The molecule has 1 saturated carbocycles. The van der Waals surface area contributed by atoms with Crippen molar-refractivity contribution < 1.29 is 9.47 Å². The van der Waals surface area contributed by atoms with E-state index in [1.54, 1.807) is 14.2 Å². The van der Waals surface area contributed by atoms with Gasteiger partial charge < -0.3 is 15.2 Å². The summed E-state index contributed by atoms with van der Waals surface area (Å²) >= 11 is 0. The molecule has 0 radical (unpaired) electrons. The Morgan fingerprint density at radius 2 is 1.72 bits per heavy atom. The maximum Gasteiger partial charge on any atom is 0.0589 e. The van der Waals surface area contributed by atoms with Crippen molar-refractivity contribution in [2.45, 2.75) is 50.6 Å². The van der Waals surface area contributed by atoms with Gasteiger partial charge in [-0.25, -0.2) is 0 Å². The predicted octanol–water partition coefficient (Wildman–Crippen LogP) is 1.63. The van der Waals surface area contributed by atoms with Crippen LogP contribution in [0.15, 0.2) is 0 Å². The van der Waals surface area contributed by atoms with E-state index in [2.05, 4.69) is 4.90 Å². The smallest absolute Gasteiger partial charge is 0.0589 e. The Balaban J connectivity index is 2.48. The van der Waals surface area contributed by atoms with E-state index in [1.807, 2.05) is 0 Å². The first-order valence-corrected chi connectivity index (χ1v) is 7.27. The van der Waals surface area contributed by atoms with Crippen LogP contribution >= 0.6 is 0 Å². The normalized spacial score (nSPS) is 25.3. The minimum absolute atomic E-state index is 0.326. The number of methoxy groups -OCH3 is 2. The van der Waals surface area contributed by atoms with Crippen LogP contribution in [0.25, 0.3) is 0 Å². The van der Waals surface area contributed by atoms with Crippen LogP contribution in [-0.2, 0) is 9.47 Å². The lowest BCUT2D eigenvalue weighted by atomic mass is 10.0. The van der Waals surface area contributed by atoms with Crippen LogP contribution in [0.2, 0.25) is 0 Å². The number of hydrogen-bond donors (Lipinski definition) is 1. The van der Waals surface area contributed by atoms with E-state index in [4.69, 9.17) is 15.2 Å². The van der Waals surface area contributed by atoms with Gasteiger partial charge in [0.2, 0.25) is 0 Å². The quantitative estimate of drug-likeness (QED) is 0.531. The molecule has 1 fully saturated rings. The Hall–Kier alpha value is -0.160. The van der Waals surface area contributed by atoms with Gasteiger partial charge in [0.25, 0.3) is 0 Å². The Kier molecular flexibility index (Phi) is 8.59. The highest BCUT2D eigenvalue weighted by Gasteiger charge is 2.25. The fourth-order valence-electron chi connectivity index (χ4n) is 2.83. The molecule has 2 atom stereocenters. The van der Waals surface area contributed by atoms with Crippen LogP contribution in [0, 0.1) is 0 Å². The summed E-state index contributed by atoms with van der Waals surface area (Å²) in [6.45, 7) is 3.66. The molecule has 1 rings (SSSR count). The summed E-state index contributed by atoms with van der Waals surface area (Å²) in [5.74, 6) is 0. The molecule has 1 aliphatic carbocycles. The average Bonchev–Trinajstić information content (AvgIpc) is 2.59. The van der Waals surface area contributed by atoms with Gasteiger partial charge in [-0.2, -0.15) is 0 Å². The van der Waals surface area contributed by atoms with Crippen molar-refractivity contribution in [2.24, 2.45) is 5.73 Å². The van der Waals surface area contributed by atoms with Crippen molar-refractivity contribution in [3.05, 3.63) is 0 Å². The second-order valence-corrected chi connectivity index (χ2v) is 5.24. The number of nitrogens with zero attached hydrogens (tertiary/aromatic N) is 1. The third-order valence-electron chi connectivity index (χ3n) is 3.88. The molecule has 2 N–H and O–H groups in total. The van der Waals surface area contributed by atoms with E-state index in [0.717, 1.165) is 32.7 Å². The molecule has 0 saturated heterocycles. The monoisotopic (exact) mass is 258 g/mol. The van der Waals surface area contributed by atoms with Gasteiger partial charge >= 0.3 is 0 Å². The summed E-state index contributed by atoms with van der Waals surface area (Å²) in [6, 6.07) is 0.853. The van der Waals surface area contributed by atoms with Gasteiger partial charge in [-0.05, 0) is 19.3 Å². The lowest BCUT2D eigenvalue weighted by Crippen LogP contribution is -2.48. The first-order valence-electron chi connectivity index (χ1n) is 7.27. The van der Waals surface area contributed by atoms with E-state index in [9.17, 15) is 0 Å². The molecule has 0 aromatic carbocycles. The molecule has 0 aromatic rings. The number of rotatable bonds is 8. The predicted molar refractivity (Wildman–Crippen MR) is 74.8 cm³/mol. The summed E-state index contributed by atoms with van der Waals surface area (Å²) in [7, 11) is 3.53. The molecule has 0 spiro atoms. The second kappa shape index (κ2) is 9.73. The van der Waals surface area contributed by atoms with E-state index in [0.29, 0.717) is 12.1 Å². The van der Waals surface area contributed by atoms with Crippen molar-refractivity contribution in [1.29, 1.82) is 0 Å². The fourth-order valence-corrected chi connectivity index (χ4v) is 2.83. The molecule has 1 aliphatic rings.